The van der Waals surface area contributed by atoms with E-state index in [1.54, 1.807) is 6.92 Å². The second-order valence-electron chi connectivity index (χ2n) is 7.05. The molecule has 160 valence electrons. The first kappa shape index (κ1) is 21.9. The van der Waals surface area contributed by atoms with Crippen LogP contribution in [0, 0.1) is 6.92 Å². The van der Waals surface area contributed by atoms with Crippen molar-refractivity contribution in [1.82, 2.24) is 4.72 Å². The molecule has 0 unspecified atom stereocenters. The molecule has 3 rings (SSSR count). The summed E-state index contributed by atoms with van der Waals surface area (Å²) >= 11 is 0. The van der Waals surface area contributed by atoms with Crippen LogP contribution in [0.5, 0.6) is 11.5 Å². The first-order chi connectivity index (χ1) is 14.4. The molecule has 30 heavy (non-hydrogen) atoms. The van der Waals surface area contributed by atoms with Crippen molar-refractivity contribution in [2.45, 2.75) is 34.1 Å². The second kappa shape index (κ2) is 9.34. The molecular weight excluding hydrogens is 400 g/mol. The van der Waals surface area contributed by atoms with Crippen LogP contribution in [-0.2, 0) is 16.4 Å². The van der Waals surface area contributed by atoms with Gasteiger partial charge in [-0.25, -0.2) is 8.42 Å². The Hall–Kier alpha value is -2.80. The fourth-order valence-corrected chi connectivity index (χ4v) is 4.86. The molecule has 0 saturated heterocycles. The average molecular weight is 429 g/mol. The van der Waals surface area contributed by atoms with Crippen LogP contribution in [0.3, 0.4) is 0 Å². The molecule has 0 aliphatic carbocycles. The van der Waals surface area contributed by atoms with Gasteiger partial charge in [0.1, 0.15) is 10.7 Å². The standard InChI is InChI=1S/C23H28N2O4S/c1-5-28-20-12-9-18(15-21(20)29-6-2)13-14-24-23-17(4)22(30(26,27)25-23)19-10-7-16(3)8-11-19/h7-12,15H,5-6,13-14H2,1-4H3,(H,24,25). The zero-order chi connectivity index (χ0) is 21.7. The van der Waals surface area contributed by atoms with Crippen LogP contribution in [-0.4, -0.2) is 34.0 Å². The highest BCUT2D eigenvalue weighted by atomic mass is 32.2. The number of nitrogens with zero attached hydrogens (tertiary/aromatic N) is 1. The minimum Gasteiger partial charge on any atom is -0.490 e. The van der Waals surface area contributed by atoms with Gasteiger partial charge in [0.25, 0.3) is 10.0 Å². The lowest BCUT2D eigenvalue weighted by Gasteiger charge is -2.12. The third-order valence-corrected chi connectivity index (χ3v) is 6.33. The number of aliphatic imine (C=N–C) groups is 1. The molecule has 0 atom stereocenters. The van der Waals surface area contributed by atoms with Crippen LogP contribution in [0.1, 0.15) is 37.5 Å². The van der Waals surface area contributed by atoms with Gasteiger partial charge in [0.05, 0.1) is 13.2 Å². The molecule has 1 heterocycles. The normalized spacial score (nSPS) is 16.6. The third kappa shape index (κ3) is 4.84. The third-order valence-electron chi connectivity index (χ3n) is 4.79. The van der Waals surface area contributed by atoms with Crippen molar-refractivity contribution in [3.05, 3.63) is 64.7 Å². The number of amidine groups is 1. The molecule has 2 aromatic carbocycles. The number of ether oxygens (including phenoxy) is 2. The highest BCUT2D eigenvalue weighted by Gasteiger charge is 2.32. The van der Waals surface area contributed by atoms with Gasteiger partial charge in [-0.2, -0.15) is 0 Å². The molecule has 0 fully saturated rings. The molecular formula is C23H28N2O4S. The summed E-state index contributed by atoms with van der Waals surface area (Å²) in [5, 5.41) is 0. The van der Waals surface area contributed by atoms with Crippen molar-refractivity contribution in [3.8, 4) is 11.5 Å². The van der Waals surface area contributed by atoms with Crippen molar-refractivity contribution in [3.63, 3.8) is 0 Å². The zero-order valence-electron chi connectivity index (χ0n) is 17.9. The number of rotatable bonds is 8. The Balaban J connectivity index is 1.78. The van der Waals surface area contributed by atoms with Gasteiger partial charge in [-0.15, -0.1) is 0 Å². The van der Waals surface area contributed by atoms with Gasteiger partial charge < -0.3 is 9.47 Å². The minimum absolute atomic E-state index is 0.293. The fourth-order valence-electron chi connectivity index (χ4n) is 3.34. The summed E-state index contributed by atoms with van der Waals surface area (Å²) in [7, 11) is -3.61. The summed E-state index contributed by atoms with van der Waals surface area (Å²) in [6, 6.07) is 13.3. The predicted octanol–water partition coefficient (Wildman–Crippen LogP) is 4.10. The number of hydrogen-bond acceptors (Lipinski definition) is 5. The van der Waals surface area contributed by atoms with Gasteiger partial charge in [0.15, 0.2) is 11.5 Å². The van der Waals surface area contributed by atoms with E-state index in [9.17, 15) is 8.42 Å². The summed E-state index contributed by atoms with van der Waals surface area (Å²) < 4.78 is 39.1. The van der Waals surface area contributed by atoms with E-state index >= 15 is 0 Å². The number of aryl methyl sites for hydroxylation is 1. The maximum Gasteiger partial charge on any atom is 0.264 e. The molecule has 6 nitrogen and oxygen atoms in total. The molecule has 0 radical (unpaired) electrons. The van der Waals surface area contributed by atoms with Crippen LogP contribution in [0.15, 0.2) is 53.0 Å². The number of sulfonamides is 1. The van der Waals surface area contributed by atoms with Crippen LogP contribution in [0.4, 0.5) is 0 Å². The van der Waals surface area contributed by atoms with E-state index < -0.39 is 10.0 Å². The van der Waals surface area contributed by atoms with Crippen molar-refractivity contribution < 1.29 is 17.9 Å². The molecule has 1 aliphatic rings. The van der Waals surface area contributed by atoms with Gasteiger partial charge in [-0.1, -0.05) is 35.9 Å². The Kier molecular flexibility index (Phi) is 6.82. The van der Waals surface area contributed by atoms with Crippen LogP contribution in [0.25, 0.3) is 4.91 Å². The van der Waals surface area contributed by atoms with E-state index in [0.29, 0.717) is 53.8 Å². The minimum atomic E-state index is -3.61. The summed E-state index contributed by atoms with van der Waals surface area (Å²) in [5.74, 6) is 1.84. The first-order valence-corrected chi connectivity index (χ1v) is 11.6. The number of hydrogen-bond donors (Lipinski definition) is 1. The van der Waals surface area contributed by atoms with Crippen LogP contribution < -0.4 is 14.2 Å². The topological polar surface area (TPSA) is 77.0 Å². The lowest BCUT2D eigenvalue weighted by Crippen LogP contribution is -2.24. The quantitative estimate of drug-likeness (QED) is 0.687. The van der Waals surface area contributed by atoms with Crippen molar-refractivity contribution >= 4 is 20.8 Å². The number of nitrogens with one attached hydrogen (secondary N) is 1. The molecule has 1 aliphatic heterocycles. The highest BCUT2D eigenvalue weighted by Crippen LogP contribution is 2.31. The summed E-state index contributed by atoms with van der Waals surface area (Å²) in [6.45, 7) is 9.20. The Morgan fingerprint density at radius 3 is 2.27 bits per heavy atom. The Morgan fingerprint density at radius 1 is 0.933 bits per heavy atom. The van der Waals surface area contributed by atoms with Crippen molar-refractivity contribution in [2.75, 3.05) is 19.8 Å². The monoisotopic (exact) mass is 428 g/mol. The summed E-state index contributed by atoms with van der Waals surface area (Å²) in [5.41, 5.74) is 3.44. The van der Waals surface area contributed by atoms with Gasteiger partial charge >= 0.3 is 0 Å². The van der Waals surface area contributed by atoms with E-state index in [0.717, 1.165) is 16.9 Å². The van der Waals surface area contributed by atoms with E-state index in [2.05, 4.69) is 9.71 Å². The molecule has 7 heteroatoms. The summed E-state index contributed by atoms with van der Waals surface area (Å²) in [4.78, 5) is 4.81. The van der Waals surface area contributed by atoms with Crippen molar-refractivity contribution in [1.29, 1.82) is 0 Å². The Morgan fingerprint density at radius 2 is 1.60 bits per heavy atom. The predicted molar refractivity (Wildman–Crippen MR) is 121 cm³/mol. The van der Waals surface area contributed by atoms with Crippen LogP contribution in [0.2, 0.25) is 0 Å². The van der Waals surface area contributed by atoms with Gasteiger partial charge in [0.2, 0.25) is 0 Å². The van der Waals surface area contributed by atoms with E-state index in [-0.39, 0.29) is 0 Å². The second-order valence-corrected chi connectivity index (χ2v) is 8.67. The molecule has 0 saturated carbocycles. The zero-order valence-corrected chi connectivity index (χ0v) is 18.7. The lowest BCUT2D eigenvalue weighted by atomic mass is 10.1. The van der Waals surface area contributed by atoms with Crippen LogP contribution >= 0.6 is 0 Å². The lowest BCUT2D eigenvalue weighted by molar-refractivity contribution is 0.287. The maximum absolute atomic E-state index is 12.6. The first-order valence-electron chi connectivity index (χ1n) is 10.1. The SMILES string of the molecule is CCOc1ccc(CCN=C2NS(=O)(=O)C(c3ccc(C)cc3)=C2C)cc1OCC. The highest BCUT2D eigenvalue weighted by molar-refractivity contribution is 8.00. The smallest absolute Gasteiger partial charge is 0.264 e. The molecule has 1 N–H and O–H groups in total. The molecule has 2 aromatic rings. The molecule has 0 spiro atoms. The van der Waals surface area contributed by atoms with Crippen molar-refractivity contribution in [2.24, 2.45) is 4.99 Å². The Labute approximate surface area is 178 Å². The molecule has 0 aromatic heterocycles. The number of benzene rings is 2. The summed E-state index contributed by atoms with van der Waals surface area (Å²) in [6.07, 6.45) is 0.658. The largest absolute Gasteiger partial charge is 0.490 e. The fraction of sp³-hybridized carbons (Fsp3) is 0.348. The molecule has 0 bridgehead atoms. The van der Waals surface area contributed by atoms with Gasteiger partial charge in [0, 0.05) is 12.1 Å². The molecule has 0 amide bonds. The maximum atomic E-state index is 12.6. The van der Waals surface area contributed by atoms with E-state index in [1.165, 1.54) is 0 Å². The average Bonchev–Trinajstić information content (AvgIpc) is 2.93. The van der Waals surface area contributed by atoms with E-state index in [1.807, 2.05) is 63.2 Å². The Bertz CT molecular complexity index is 1070. The van der Waals surface area contributed by atoms with E-state index in [4.69, 9.17) is 9.47 Å². The van der Waals surface area contributed by atoms with Gasteiger partial charge in [-0.3, -0.25) is 9.71 Å². The van der Waals surface area contributed by atoms with Gasteiger partial charge in [-0.05, 0) is 57.4 Å².